The molecule has 1 aliphatic heterocycles. The quantitative estimate of drug-likeness (QED) is 0.773. The second-order valence-electron chi connectivity index (χ2n) is 6.59. The van der Waals surface area contributed by atoms with Crippen molar-refractivity contribution >= 4 is 33.2 Å². The van der Waals surface area contributed by atoms with Crippen molar-refractivity contribution in [2.24, 2.45) is 5.92 Å². The molecular weight excluding hydrogens is 391 g/mol. The topological polar surface area (TPSA) is 49.4 Å². The summed E-state index contributed by atoms with van der Waals surface area (Å²) in [7, 11) is -3.57. The average Bonchev–Trinajstić information content (AvgIpc) is 2.63. The molecule has 2 aromatic rings. The fourth-order valence-corrected chi connectivity index (χ4v) is 5.01. The Labute approximate surface area is 165 Å². The van der Waals surface area contributed by atoms with E-state index >= 15 is 0 Å². The molecule has 4 nitrogen and oxygen atoms in total. The Hall–Kier alpha value is -1.11. The summed E-state index contributed by atoms with van der Waals surface area (Å²) in [5.41, 5.74) is 1.13. The Balaban J connectivity index is 1.50. The van der Waals surface area contributed by atoms with E-state index in [-0.39, 0.29) is 9.92 Å². The highest BCUT2D eigenvalue weighted by Crippen LogP contribution is 2.23. The van der Waals surface area contributed by atoms with Gasteiger partial charge in [-0.15, -0.1) is 0 Å². The molecule has 2 aromatic carbocycles. The van der Waals surface area contributed by atoms with Gasteiger partial charge in [0.2, 0.25) is 10.0 Å². The van der Waals surface area contributed by atoms with Gasteiger partial charge >= 0.3 is 0 Å². The van der Waals surface area contributed by atoms with Crippen LogP contribution in [0.25, 0.3) is 0 Å². The molecule has 0 aromatic heterocycles. The minimum atomic E-state index is -3.57. The van der Waals surface area contributed by atoms with E-state index < -0.39 is 10.0 Å². The molecule has 7 heteroatoms. The molecule has 1 saturated heterocycles. The van der Waals surface area contributed by atoms with Gasteiger partial charge in [-0.05, 0) is 55.6 Å². The number of hydrogen-bond donors (Lipinski definition) is 1. The normalized spacial score (nSPS) is 16.7. The lowest BCUT2D eigenvalue weighted by Crippen LogP contribution is -2.38. The molecule has 1 fully saturated rings. The van der Waals surface area contributed by atoms with Gasteiger partial charge in [-0.1, -0.05) is 53.5 Å². The second-order valence-corrected chi connectivity index (χ2v) is 9.14. The third kappa shape index (κ3) is 4.99. The van der Waals surface area contributed by atoms with Gasteiger partial charge in [0.1, 0.15) is 4.90 Å². The summed E-state index contributed by atoms with van der Waals surface area (Å²) < 4.78 is 27.5. The van der Waals surface area contributed by atoms with Crippen LogP contribution in [0.1, 0.15) is 18.4 Å². The standard InChI is InChI=1S/C19H22Cl2N2O2S/c20-17-6-2-1-5-16(17)14-23-11-9-15(10-12-23)13-22-26(24,25)19-8-4-3-7-18(19)21/h1-8,15,22H,9-14H2. The fraction of sp³-hybridized carbons (Fsp3) is 0.368. The highest BCUT2D eigenvalue weighted by molar-refractivity contribution is 7.89. The number of sulfonamides is 1. The number of piperidine rings is 1. The van der Waals surface area contributed by atoms with E-state index in [1.54, 1.807) is 18.2 Å². The number of nitrogens with one attached hydrogen (secondary N) is 1. The average molecular weight is 413 g/mol. The van der Waals surface area contributed by atoms with Crippen LogP contribution < -0.4 is 4.72 Å². The molecule has 1 aliphatic rings. The fourth-order valence-electron chi connectivity index (χ4n) is 3.18. The van der Waals surface area contributed by atoms with Gasteiger partial charge in [0.25, 0.3) is 0 Å². The minimum Gasteiger partial charge on any atom is -0.299 e. The van der Waals surface area contributed by atoms with E-state index in [0.29, 0.717) is 12.5 Å². The molecule has 0 amide bonds. The van der Waals surface area contributed by atoms with Gasteiger partial charge in [0, 0.05) is 18.1 Å². The lowest BCUT2D eigenvalue weighted by atomic mass is 9.97. The van der Waals surface area contributed by atoms with Gasteiger partial charge in [-0.3, -0.25) is 4.90 Å². The third-order valence-corrected chi connectivity index (χ3v) is 7.04. The van der Waals surface area contributed by atoms with Crippen molar-refractivity contribution in [3.8, 4) is 0 Å². The van der Waals surface area contributed by atoms with Crippen molar-refractivity contribution in [2.45, 2.75) is 24.3 Å². The zero-order valence-electron chi connectivity index (χ0n) is 14.4. The number of nitrogens with zero attached hydrogens (tertiary/aromatic N) is 1. The van der Waals surface area contributed by atoms with E-state index in [1.165, 1.54) is 6.07 Å². The molecule has 3 rings (SSSR count). The molecule has 0 unspecified atom stereocenters. The van der Waals surface area contributed by atoms with E-state index in [9.17, 15) is 8.42 Å². The Morgan fingerprint density at radius 2 is 1.58 bits per heavy atom. The maximum Gasteiger partial charge on any atom is 0.242 e. The molecule has 140 valence electrons. The zero-order chi connectivity index (χ0) is 18.6. The number of halogens is 2. The van der Waals surface area contributed by atoms with Gasteiger partial charge in [0.15, 0.2) is 0 Å². The molecule has 26 heavy (non-hydrogen) atoms. The number of likely N-dealkylation sites (tertiary alicyclic amines) is 1. The molecule has 0 saturated carbocycles. The number of rotatable bonds is 6. The van der Waals surface area contributed by atoms with Crippen LogP contribution in [-0.2, 0) is 16.6 Å². The maximum atomic E-state index is 12.4. The summed E-state index contributed by atoms with van der Waals surface area (Å²) in [6.07, 6.45) is 1.91. The predicted octanol–water partition coefficient (Wildman–Crippen LogP) is 4.18. The van der Waals surface area contributed by atoms with Gasteiger partial charge < -0.3 is 0 Å². The Morgan fingerprint density at radius 1 is 0.962 bits per heavy atom. The minimum absolute atomic E-state index is 0.137. The van der Waals surface area contributed by atoms with Gasteiger partial charge in [-0.2, -0.15) is 0 Å². The van der Waals surface area contributed by atoms with Crippen LogP contribution >= 0.6 is 23.2 Å². The lowest BCUT2D eigenvalue weighted by Gasteiger charge is -2.32. The summed E-state index contributed by atoms with van der Waals surface area (Å²) >= 11 is 12.2. The Morgan fingerprint density at radius 3 is 2.23 bits per heavy atom. The first-order valence-electron chi connectivity index (χ1n) is 8.65. The van der Waals surface area contributed by atoms with Crippen LogP contribution in [0.2, 0.25) is 10.0 Å². The lowest BCUT2D eigenvalue weighted by molar-refractivity contribution is 0.178. The Bertz CT molecular complexity index is 850. The van der Waals surface area contributed by atoms with Crippen molar-refractivity contribution in [3.05, 3.63) is 64.1 Å². The first kappa shape index (κ1) is 19.6. The molecular formula is C19H22Cl2N2O2S. The Kier molecular flexibility index (Phi) is 6.59. The maximum absolute atomic E-state index is 12.4. The summed E-state index contributed by atoms with van der Waals surface area (Å²) in [5, 5.41) is 1.04. The van der Waals surface area contributed by atoms with Gasteiger partial charge in [-0.25, -0.2) is 13.1 Å². The predicted molar refractivity (Wildman–Crippen MR) is 106 cm³/mol. The second kappa shape index (κ2) is 8.72. The van der Waals surface area contributed by atoms with Crippen LogP contribution in [0.5, 0.6) is 0 Å². The smallest absolute Gasteiger partial charge is 0.242 e. The first-order valence-corrected chi connectivity index (χ1v) is 10.9. The van der Waals surface area contributed by atoms with Crippen molar-refractivity contribution in [1.82, 2.24) is 9.62 Å². The summed E-state index contributed by atoms with van der Waals surface area (Å²) in [5.74, 6) is 0.328. The molecule has 0 radical (unpaired) electrons. The monoisotopic (exact) mass is 412 g/mol. The van der Waals surface area contributed by atoms with E-state index in [1.807, 2.05) is 24.3 Å². The van der Waals surface area contributed by atoms with Crippen molar-refractivity contribution in [3.63, 3.8) is 0 Å². The van der Waals surface area contributed by atoms with E-state index in [0.717, 1.165) is 43.1 Å². The molecule has 1 heterocycles. The van der Waals surface area contributed by atoms with Crippen LogP contribution in [0, 0.1) is 5.92 Å². The van der Waals surface area contributed by atoms with Crippen LogP contribution in [0.15, 0.2) is 53.4 Å². The highest BCUT2D eigenvalue weighted by atomic mass is 35.5. The molecule has 0 bridgehead atoms. The summed E-state index contributed by atoms with van der Waals surface area (Å²) in [6.45, 7) is 3.14. The van der Waals surface area contributed by atoms with Crippen molar-refractivity contribution in [2.75, 3.05) is 19.6 Å². The first-order chi connectivity index (χ1) is 12.5. The van der Waals surface area contributed by atoms with Crippen LogP contribution in [0.3, 0.4) is 0 Å². The zero-order valence-corrected chi connectivity index (χ0v) is 16.7. The van der Waals surface area contributed by atoms with Gasteiger partial charge in [0.05, 0.1) is 5.02 Å². The largest absolute Gasteiger partial charge is 0.299 e. The van der Waals surface area contributed by atoms with Crippen LogP contribution in [-0.4, -0.2) is 33.0 Å². The third-order valence-electron chi connectivity index (χ3n) is 4.75. The molecule has 1 N–H and O–H groups in total. The number of hydrogen-bond acceptors (Lipinski definition) is 3. The molecule has 0 aliphatic carbocycles. The molecule has 0 spiro atoms. The van der Waals surface area contributed by atoms with Crippen molar-refractivity contribution < 1.29 is 8.42 Å². The van der Waals surface area contributed by atoms with Crippen molar-refractivity contribution in [1.29, 1.82) is 0 Å². The van der Waals surface area contributed by atoms with E-state index in [4.69, 9.17) is 23.2 Å². The SMILES string of the molecule is O=S(=O)(NCC1CCN(Cc2ccccc2Cl)CC1)c1ccccc1Cl. The highest BCUT2D eigenvalue weighted by Gasteiger charge is 2.23. The summed E-state index contributed by atoms with van der Waals surface area (Å²) in [4.78, 5) is 2.50. The number of benzene rings is 2. The molecule has 0 atom stereocenters. The van der Waals surface area contributed by atoms with E-state index in [2.05, 4.69) is 9.62 Å². The summed E-state index contributed by atoms with van der Waals surface area (Å²) in [6, 6.07) is 14.4. The van der Waals surface area contributed by atoms with Crippen LogP contribution in [0.4, 0.5) is 0 Å².